The molecule has 0 bridgehead atoms. The highest BCUT2D eigenvalue weighted by atomic mass is 79.9. The molecule has 0 fully saturated rings. The Morgan fingerprint density at radius 2 is 2.20 bits per heavy atom. The summed E-state index contributed by atoms with van der Waals surface area (Å²) in [5.41, 5.74) is 0.806. The lowest BCUT2D eigenvalue weighted by Gasteiger charge is -2.05. The van der Waals surface area contributed by atoms with Crippen molar-refractivity contribution in [1.82, 2.24) is 4.98 Å². The molecule has 0 amide bonds. The first-order chi connectivity index (χ1) is 9.56. The number of carbonyl (C=O) groups is 1. The van der Waals surface area contributed by atoms with Gasteiger partial charge in [-0.15, -0.1) is 0 Å². The average Bonchev–Trinajstić information content (AvgIpc) is 2.83. The number of aromatic carboxylic acids is 1. The molecule has 2 rings (SSSR count). The summed E-state index contributed by atoms with van der Waals surface area (Å²) in [6.45, 7) is 0.0595. The highest BCUT2D eigenvalue weighted by Crippen LogP contribution is 2.33. The van der Waals surface area contributed by atoms with Crippen LogP contribution in [0.25, 0.3) is 11.5 Å². The number of hydrogen-bond donors (Lipinski definition) is 1. The van der Waals surface area contributed by atoms with Gasteiger partial charge in [-0.25, -0.2) is 9.78 Å². The van der Waals surface area contributed by atoms with Crippen LogP contribution in [-0.2, 0) is 11.3 Å². The van der Waals surface area contributed by atoms with Gasteiger partial charge in [-0.05, 0) is 18.2 Å². The van der Waals surface area contributed by atoms with Gasteiger partial charge >= 0.3 is 5.97 Å². The number of methoxy groups -OCH3 is 2. The van der Waals surface area contributed by atoms with E-state index in [0.29, 0.717) is 11.3 Å². The number of aromatic nitrogens is 1. The van der Waals surface area contributed by atoms with Crippen molar-refractivity contribution in [1.29, 1.82) is 0 Å². The number of benzene rings is 1. The minimum absolute atomic E-state index is 0.0595. The molecule has 0 aliphatic heterocycles. The predicted octanol–water partition coefficient (Wildman–Crippen LogP) is 2.96. The number of carboxylic acid groups (broad SMARTS) is 1. The third-order valence-corrected chi connectivity index (χ3v) is 3.06. The number of halogens is 1. The Labute approximate surface area is 123 Å². The van der Waals surface area contributed by atoms with Crippen LogP contribution >= 0.6 is 15.9 Å². The molecule has 1 aromatic heterocycles. The van der Waals surface area contributed by atoms with Gasteiger partial charge in [0.1, 0.15) is 11.4 Å². The highest BCUT2D eigenvalue weighted by Gasteiger charge is 2.22. The standard InChI is InChI=1S/C13H12BrNO5/c1-18-6-9-11(13(16)17)20-12(15-9)8-4-3-7(14)5-10(8)19-2/h3-5H,6H2,1-2H3,(H,16,17). The monoisotopic (exact) mass is 341 g/mol. The Hall–Kier alpha value is -1.86. The summed E-state index contributed by atoms with van der Waals surface area (Å²) >= 11 is 3.33. The van der Waals surface area contributed by atoms with E-state index < -0.39 is 5.97 Å². The van der Waals surface area contributed by atoms with E-state index in [1.807, 2.05) is 0 Å². The Kier molecular flexibility index (Phi) is 4.41. The molecule has 0 radical (unpaired) electrons. The number of rotatable bonds is 5. The lowest BCUT2D eigenvalue weighted by Crippen LogP contribution is -2.00. The molecule has 0 unspecified atom stereocenters. The van der Waals surface area contributed by atoms with Gasteiger partial charge in [-0.1, -0.05) is 15.9 Å². The minimum atomic E-state index is -1.19. The van der Waals surface area contributed by atoms with Gasteiger partial charge in [0.05, 0.1) is 19.3 Å². The van der Waals surface area contributed by atoms with Gasteiger partial charge in [0, 0.05) is 11.6 Å². The summed E-state index contributed by atoms with van der Waals surface area (Å²) in [4.78, 5) is 15.3. The molecule has 20 heavy (non-hydrogen) atoms. The van der Waals surface area contributed by atoms with Gasteiger partial charge in [0.25, 0.3) is 0 Å². The second-order valence-corrected chi connectivity index (χ2v) is 4.79. The lowest BCUT2D eigenvalue weighted by molar-refractivity contribution is 0.0656. The lowest BCUT2D eigenvalue weighted by atomic mass is 10.2. The SMILES string of the molecule is COCc1nc(-c2ccc(Br)cc2OC)oc1C(=O)O. The van der Waals surface area contributed by atoms with Crippen molar-refractivity contribution in [2.24, 2.45) is 0 Å². The Morgan fingerprint density at radius 1 is 1.45 bits per heavy atom. The van der Waals surface area contributed by atoms with E-state index in [4.69, 9.17) is 19.0 Å². The van der Waals surface area contributed by atoms with Crippen LogP contribution in [0.4, 0.5) is 0 Å². The second-order valence-electron chi connectivity index (χ2n) is 3.88. The first-order valence-corrected chi connectivity index (χ1v) is 6.42. The average molecular weight is 342 g/mol. The number of nitrogens with zero attached hydrogens (tertiary/aromatic N) is 1. The summed E-state index contributed by atoms with van der Waals surface area (Å²) in [5, 5.41) is 9.10. The quantitative estimate of drug-likeness (QED) is 0.900. The van der Waals surface area contributed by atoms with Gasteiger partial charge in [0.15, 0.2) is 0 Å². The smallest absolute Gasteiger partial charge is 0.373 e. The normalized spacial score (nSPS) is 10.6. The van der Waals surface area contributed by atoms with Crippen LogP contribution < -0.4 is 4.74 Å². The molecule has 0 atom stereocenters. The molecule has 0 spiro atoms. The van der Waals surface area contributed by atoms with Crippen LogP contribution in [0, 0.1) is 0 Å². The fourth-order valence-corrected chi connectivity index (χ4v) is 2.05. The maximum absolute atomic E-state index is 11.1. The maximum Gasteiger partial charge on any atom is 0.373 e. The molecule has 7 heteroatoms. The van der Waals surface area contributed by atoms with Crippen molar-refractivity contribution < 1.29 is 23.8 Å². The minimum Gasteiger partial charge on any atom is -0.496 e. The zero-order valence-corrected chi connectivity index (χ0v) is 12.4. The summed E-state index contributed by atoms with van der Waals surface area (Å²) in [6.07, 6.45) is 0. The van der Waals surface area contributed by atoms with Crippen molar-refractivity contribution in [3.63, 3.8) is 0 Å². The molecule has 0 saturated carbocycles. The van der Waals surface area contributed by atoms with Crippen molar-refractivity contribution >= 4 is 21.9 Å². The molecule has 2 aromatic rings. The molecule has 1 N–H and O–H groups in total. The molecular formula is C13H12BrNO5. The van der Waals surface area contributed by atoms with E-state index in [-0.39, 0.29) is 24.0 Å². The molecular weight excluding hydrogens is 330 g/mol. The first kappa shape index (κ1) is 14.5. The number of ether oxygens (including phenoxy) is 2. The van der Waals surface area contributed by atoms with Crippen LogP contribution in [0.5, 0.6) is 5.75 Å². The fourth-order valence-electron chi connectivity index (χ4n) is 1.71. The van der Waals surface area contributed by atoms with E-state index in [9.17, 15) is 4.79 Å². The molecule has 0 aliphatic rings. The largest absolute Gasteiger partial charge is 0.496 e. The summed E-state index contributed by atoms with van der Waals surface area (Å²) in [5.74, 6) is -0.709. The predicted molar refractivity (Wildman–Crippen MR) is 73.9 cm³/mol. The Morgan fingerprint density at radius 3 is 2.80 bits per heavy atom. The van der Waals surface area contributed by atoms with E-state index in [1.54, 1.807) is 18.2 Å². The fraction of sp³-hybridized carbons (Fsp3) is 0.231. The van der Waals surface area contributed by atoms with Gasteiger partial charge in [-0.3, -0.25) is 0 Å². The summed E-state index contributed by atoms with van der Waals surface area (Å²) < 4.78 is 16.3. The van der Waals surface area contributed by atoms with E-state index in [1.165, 1.54) is 14.2 Å². The number of carboxylic acids is 1. The third-order valence-electron chi connectivity index (χ3n) is 2.57. The van der Waals surface area contributed by atoms with Crippen LogP contribution in [0.2, 0.25) is 0 Å². The molecule has 106 valence electrons. The van der Waals surface area contributed by atoms with Gasteiger partial charge < -0.3 is 19.0 Å². The van der Waals surface area contributed by atoms with E-state index >= 15 is 0 Å². The molecule has 6 nitrogen and oxygen atoms in total. The van der Waals surface area contributed by atoms with Crippen LogP contribution in [-0.4, -0.2) is 30.3 Å². The topological polar surface area (TPSA) is 81.8 Å². The van der Waals surface area contributed by atoms with Crippen LogP contribution in [0.1, 0.15) is 16.2 Å². The maximum atomic E-state index is 11.1. The van der Waals surface area contributed by atoms with Crippen LogP contribution in [0.15, 0.2) is 27.1 Å². The Balaban J connectivity index is 2.53. The Bertz CT molecular complexity index is 638. The van der Waals surface area contributed by atoms with Crippen molar-refractivity contribution in [2.75, 3.05) is 14.2 Å². The summed E-state index contributed by atoms with van der Waals surface area (Å²) in [7, 11) is 2.97. The highest BCUT2D eigenvalue weighted by molar-refractivity contribution is 9.10. The van der Waals surface area contributed by atoms with Crippen molar-refractivity contribution in [3.8, 4) is 17.2 Å². The molecule has 1 aromatic carbocycles. The van der Waals surface area contributed by atoms with Gasteiger partial charge in [-0.2, -0.15) is 0 Å². The van der Waals surface area contributed by atoms with Crippen LogP contribution in [0.3, 0.4) is 0 Å². The van der Waals surface area contributed by atoms with Crippen molar-refractivity contribution in [3.05, 3.63) is 34.1 Å². The first-order valence-electron chi connectivity index (χ1n) is 5.62. The second kappa shape index (κ2) is 6.06. The van der Waals surface area contributed by atoms with Crippen molar-refractivity contribution in [2.45, 2.75) is 6.61 Å². The molecule has 0 saturated heterocycles. The molecule has 0 aliphatic carbocycles. The molecule has 1 heterocycles. The number of hydrogen-bond acceptors (Lipinski definition) is 5. The number of oxazole rings is 1. The van der Waals surface area contributed by atoms with Gasteiger partial charge in [0.2, 0.25) is 11.7 Å². The third kappa shape index (κ3) is 2.83. The van der Waals surface area contributed by atoms with E-state index in [0.717, 1.165) is 4.47 Å². The zero-order chi connectivity index (χ0) is 14.7. The zero-order valence-electron chi connectivity index (χ0n) is 10.8. The summed E-state index contributed by atoms with van der Waals surface area (Å²) in [6, 6.07) is 5.27. The van der Waals surface area contributed by atoms with E-state index in [2.05, 4.69) is 20.9 Å².